The molecule has 1 atom stereocenters. The summed E-state index contributed by atoms with van der Waals surface area (Å²) >= 11 is 0. The summed E-state index contributed by atoms with van der Waals surface area (Å²) in [6.45, 7) is 8.21. The van der Waals surface area contributed by atoms with E-state index in [4.69, 9.17) is 9.84 Å². The predicted octanol–water partition coefficient (Wildman–Crippen LogP) is 3.59. The van der Waals surface area contributed by atoms with Crippen molar-refractivity contribution < 1.29 is 27.8 Å². The molecule has 7 heteroatoms. The number of ether oxygens (including phenoxy) is 1. The Morgan fingerprint density at radius 3 is 2.35 bits per heavy atom. The molecule has 0 fully saturated rings. The first kappa shape index (κ1) is 17.6. The largest absolute Gasteiger partial charge is 0.478 e. The third kappa shape index (κ3) is 3.44. The van der Waals surface area contributed by atoms with Gasteiger partial charge < -0.3 is 9.84 Å². The van der Waals surface area contributed by atoms with Crippen molar-refractivity contribution >= 4 is 25.3 Å². The lowest BCUT2D eigenvalue weighted by atomic mass is 9.98. The van der Waals surface area contributed by atoms with Gasteiger partial charge in [-0.2, -0.15) is 13.2 Å². The Kier molecular flexibility index (Phi) is 4.36. The third-order valence-corrected chi connectivity index (χ3v) is 5.84. The zero-order valence-corrected chi connectivity index (χ0v) is 14.4. The lowest BCUT2D eigenvalue weighted by molar-refractivity contribution is -0.187. The van der Waals surface area contributed by atoms with E-state index in [1.807, 2.05) is 13.0 Å². The van der Waals surface area contributed by atoms with Gasteiger partial charge in [-0.1, -0.05) is 43.9 Å². The van der Waals surface area contributed by atoms with E-state index < -0.39 is 31.9 Å². The molecule has 1 aromatic rings. The van der Waals surface area contributed by atoms with Crippen LogP contribution in [0.15, 0.2) is 17.7 Å². The normalized spacial score (nSPS) is 18.0. The van der Waals surface area contributed by atoms with Crippen LogP contribution in [0.5, 0.6) is 5.75 Å². The van der Waals surface area contributed by atoms with E-state index in [0.717, 1.165) is 11.3 Å². The molecular weight excluding hydrogens is 325 g/mol. The van der Waals surface area contributed by atoms with E-state index in [0.29, 0.717) is 17.5 Å². The van der Waals surface area contributed by atoms with Gasteiger partial charge in [-0.25, -0.2) is 4.79 Å². The Balaban J connectivity index is 2.68. The molecule has 1 heterocycles. The molecule has 1 N–H and O–H groups in total. The minimum absolute atomic E-state index is 0.141. The molecule has 126 valence electrons. The second-order valence-electron chi connectivity index (χ2n) is 6.60. The van der Waals surface area contributed by atoms with E-state index in [1.165, 1.54) is 0 Å². The summed E-state index contributed by atoms with van der Waals surface area (Å²) < 4.78 is 44.5. The molecule has 1 aliphatic heterocycles. The first-order valence-corrected chi connectivity index (χ1v) is 10.8. The molecule has 1 aliphatic rings. The summed E-state index contributed by atoms with van der Waals surface area (Å²) in [5, 5.41) is 10.2. The monoisotopic (exact) mass is 344 g/mol. The van der Waals surface area contributed by atoms with Gasteiger partial charge >= 0.3 is 12.1 Å². The van der Waals surface area contributed by atoms with Crippen molar-refractivity contribution in [3.05, 3.63) is 28.8 Å². The Labute approximate surface area is 133 Å². The molecule has 0 saturated carbocycles. The van der Waals surface area contributed by atoms with Gasteiger partial charge in [0.25, 0.3) is 0 Å². The van der Waals surface area contributed by atoms with Crippen molar-refractivity contribution in [2.45, 2.75) is 45.3 Å². The number of alkyl halides is 3. The van der Waals surface area contributed by atoms with Crippen LogP contribution in [-0.2, 0) is 11.2 Å². The second-order valence-corrected chi connectivity index (χ2v) is 11.7. The van der Waals surface area contributed by atoms with Crippen LogP contribution in [0.2, 0.25) is 19.6 Å². The van der Waals surface area contributed by atoms with Gasteiger partial charge in [0, 0.05) is 5.56 Å². The topological polar surface area (TPSA) is 46.5 Å². The minimum atomic E-state index is -4.77. The number of carboxylic acid groups (broad SMARTS) is 1. The average molecular weight is 344 g/mol. The fraction of sp³-hybridized carbons (Fsp3) is 0.438. The van der Waals surface area contributed by atoms with Crippen LogP contribution in [0.4, 0.5) is 13.2 Å². The molecule has 0 aromatic heterocycles. The van der Waals surface area contributed by atoms with Crippen molar-refractivity contribution in [1.82, 2.24) is 0 Å². The molecule has 0 radical (unpaired) electrons. The van der Waals surface area contributed by atoms with E-state index >= 15 is 0 Å². The first-order chi connectivity index (χ1) is 10.4. The third-order valence-electron chi connectivity index (χ3n) is 3.81. The van der Waals surface area contributed by atoms with Gasteiger partial charge in [0.05, 0.1) is 13.6 Å². The summed E-state index contributed by atoms with van der Waals surface area (Å²) in [7, 11) is -1.70. The standard InChI is InChI=1S/C16H19F3O3Si/c1-5-9-6-11(23(2,3)4)7-10-8-12(15(20)21)14(16(17,18)19)22-13(9)10/h6-8,14H,5H2,1-4H3,(H,20,21). The number of carbonyl (C=O) groups is 1. The zero-order valence-electron chi connectivity index (χ0n) is 13.4. The molecule has 0 aliphatic carbocycles. The van der Waals surface area contributed by atoms with Crippen molar-refractivity contribution in [1.29, 1.82) is 0 Å². The van der Waals surface area contributed by atoms with Crippen LogP contribution in [-0.4, -0.2) is 31.4 Å². The van der Waals surface area contributed by atoms with Gasteiger partial charge in [0.1, 0.15) is 5.75 Å². The number of halogens is 3. The number of hydrogen-bond acceptors (Lipinski definition) is 2. The SMILES string of the molecule is CCc1cc([Si](C)(C)C)cc2c1OC(C(F)(F)F)C(C(=O)O)=C2. The Hall–Kier alpha value is -1.76. The van der Waals surface area contributed by atoms with Crippen molar-refractivity contribution in [3.8, 4) is 5.75 Å². The Morgan fingerprint density at radius 2 is 1.91 bits per heavy atom. The number of fused-ring (bicyclic) bond motifs is 1. The van der Waals surface area contributed by atoms with Gasteiger partial charge in [-0.05, 0) is 18.1 Å². The molecule has 1 aromatic carbocycles. The number of carboxylic acids is 1. The molecule has 2 rings (SSSR count). The summed E-state index contributed by atoms with van der Waals surface area (Å²) in [5.41, 5.74) is 0.314. The fourth-order valence-electron chi connectivity index (χ4n) is 2.50. The van der Waals surface area contributed by atoms with E-state index in [2.05, 4.69) is 19.6 Å². The van der Waals surface area contributed by atoms with Gasteiger partial charge in [-0.3, -0.25) is 0 Å². The van der Waals surface area contributed by atoms with Crippen LogP contribution in [0.1, 0.15) is 18.1 Å². The molecular formula is C16H19F3O3Si. The Bertz CT molecular complexity index is 672. The molecule has 23 heavy (non-hydrogen) atoms. The molecule has 0 saturated heterocycles. The molecule has 0 spiro atoms. The highest BCUT2D eigenvalue weighted by molar-refractivity contribution is 6.88. The van der Waals surface area contributed by atoms with Crippen LogP contribution < -0.4 is 9.92 Å². The van der Waals surface area contributed by atoms with E-state index in [9.17, 15) is 18.0 Å². The van der Waals surface area contributed by atoms with Gasteiger partial charge in [0.15, 0.2) is 0 Å². The minimum Gasteiger partial charge on any atom is -0.478 e. The van der Waals surface area contributed by atoms with Crippen LogP contribution in [0.3, 0.4) is 0 Å². The highest BCUT2D eigenvalue weighted by atomic mass is 28.3. The van der Waals surface area contributed by atoms with Crippen LogP contribution in [0.25, 0.3) is 6.08 Å². The number of hydrogen-bond donors (Lipinski definition) is 1. The number of benzene rings is 1. The van der Waals surface area contributed by atoms with Crippen molar-refractivity contribution in [2.24, 2.45) is 0 Å². The van der Waals surface area contributed by atoms with E-state index in [1.54, 1.807) is 6.07 Å². The fourth-order valence-corrected chi connectivity index (χ4v) is 3.70. The van der Waals surface area contributed by atoms with Gasteiger partial charge in [0.2, 0.25) is 6.10 Å². The number of rotatable bonds is 3. The quantitative estimate of drug-likeness (QED) is 0.853. The summed E-state index contributed by atoms with van der Waals surface area (Å²) in [6.07, 6.45) is -5.59. The van der Waals surface area contributed by atoms with Crippen molar-refractivity contribution in [3.63, 3.8) is 0 Å². The molecule has 3 nitrogen and oxygen atoms in total. The summed E-state index contributed by atoms with van der Waals surface area (Å²) in [5.74, 6) is -1.48. The highest BCUT2D eigenvalue weighted by Crippen LogP contribution is 2.39. The first-order valence-electron chi connectivity index (χ1n) is 7.30. The zero-order chi connectivity index (χ0) is 17.6. The van der Waals surface area contributed by atoms with Crippen LogP contribution >= 0.6 is 0 Å². The highest BCUT2D eigenvalue weighted by Gasteiger charge is 2.48. The average Bonchev–Trinajstić information content (AvgIpc) is 2.42. The van der Waals surface area contributed by atoms with Crippen LogP contribution in [0, 0.1) is 0 Å². The predicted molar refractivity (Wildman–Crippen MR) is 84.9 cm³/mol. The molecule has 0 bridgehead atoms. The van der Waals surface area contributed by atoms with E-state index in [-0.39, 0.29) is 5.75 Å². The summed E-state index contributed by atoms with van der Waals surface area (Å²) in [4.78, 5) is 11.2. The molecule has 1 unspecified atom stereocenters. The summed E-state index contributed by atoms with van der Waals surface area (Å²) in [6, 6.07) is 3.65. The second kappa shape index (κ2) is 5.70. The molecule has 0 amide bonds. The Morgan fingerprint density at radius 1 is 1.30 bits per heavy atom. The number of aliphatic carboxylic acids is 1. The van der Waals surface area contributed by atoms with Gasteiger partial charge in [-0.15, -0.1) is 0 Å². The number of aryl methyl sites for hydroxylation is 1. The lowest BCUT2D eigenvalue weighted by Crippen LogP contribution is -2.42. The maximum absolute atomic E-state index is 13.1. The maximum Gasteiger partial charge on any atom is 0.430 e. The maximum atomic E-state index is 13.1. The smallest absolute Gasteiger partial charge is 0.430 e. The van der Waals surface area contributed by atoms with Crippen molar-refractivity contribution in [2.75, 3.05) is 0 Å². The lowest BCUT2D eigenvalue weighted by Gasteiger charge is -2.30.